The number of esters is 2. The van der Waals surface area contributed by atoms with Crippen LogP contribution in [0.1, 0.15) is 60.3 Å². The van der Waals surface area contributed by atoms with Gasteiger partial charge in [0.25, 0.3) is 0 Å². The third-order valence-electron chi connectivity index (χ3n) is 6.44. The summed E-state index contributed by atoms with van der Waals surface area (Å²) in [5, 5.41) is 11.3. The number of phenols is 1. The van der Waals surface area contributed by atoms with Gasteiger partial charge in [-0.2, -0.15) is 0 Å². The second-order valence-electron chi connectivity index (χ2n) is 9.91. The molecule has 1 N–H and O–H groups in total. The molecule has 0 unspecified atom stereocenters. The molecule has 0 saturated carbocycles. The van der Waals surface area contributed by atoms with Gasteiger partial charge in [-0.3, -0.25) is 14.4 Å². The van der Waals surface area contributed by atoms with Crippen LogP contribution in [-0.2, 0) is 31.9 Å². The van der Waals surface area contributed by atoms with E-state index in [1.54, 1.807) is 27.7 Å². The van der Waals surface area contributed by atoms with Crippen molar-refractivity contribution in [2.45, 2.75) is 52.7 Å². The fourth-order valence-corrected chi connectivity index (χ4v) is 4.75. The highest BCUT2D eigenvalue weighted by Crippen LogP contribution is 2.49. The molecule has 0 radical (unpaired) electrons. The standard InChI is InChI=1S/C32H30O6/c1-20(2)37-30(35)32(31(36)38-21(3)4)17-25-24(16-15-22-11-7-5-8-12-22)28(23-13-9-6-10-14-23)27(19-33)29(34)26(25)18-32/h5-14,19-21,34H,17-18H2,1-4H3. The Morgan fingerprint density at radius 3 is 1.89 bits per heavy atom. The maximum atomic E-state index is 13.5. The van der Waals surface area contributed by atoms with E-state index in [-0.39, 0.29) is 24.2 Å². The van der Waals surface area contributed by atoms with Crippen LogP contribution in [0.3, 0.4) is 0 Å². The first kappa shape index (κ1) is 26.7. The van der Waals surface area contributed by atoms with E-state index < -0.39 is 29.6 Å². The van der Waals surface area contributed by atoms with Crippen molar-refractivity contribution in [2.24, 2.45) is 5.41 Å². The van der Waals surface area contributed by atoms with Gasteiger partial charge in [0.1, 0.15) is 5.75 Å². The number of ether oxygens (including phenoxy) is 2. The molecule has 0 aliphatic heterocycles. The van der Waals surface area contributed by atoms with E-state index >= 15 is 0 Å². The molecule has 6 heteroatoms. The molecule has 1 aliphatic rings. The lowest BCUT2D eigenvalue weighted by atomic mass is 9.84. The fourth-order valence-electron chi connectivity index (χ4n) is 4.75. The highest BCUT2D eigenvalue weighted by Gasteiger charge is 2.55. The highest BCUT2D eigenvalue weighted by atomic mass is 16.6. The van der Waals surface area contributed by atoms with Crippen molar-refractivity contribution in [2.75, 3.05) is 0 Å². The maximum absolute atomic E-state index is 13.5. The van der Waals surface area contributed by atoms with E-state index in [0.29, 0.717) is 34.1 Å². The topological polar surface area (TPSA) is 89.9 Å². The molecule has 0 aromatic heterocycles. The van der Waals surface area contributed by atoms with E-state index in [1.165, 1.54) is 0 Å². The normalized spacial score (nSPS) is 13.4. The number of carbonyl (C=O) groups excluding carboxylic acids is 3. The summed E-state index contributed by atoms with van der Waals surface area (Å²) >= 11 is 0. The number of aldehydes is 1. The summed E-state index contributed by atoms with van der Waals surface area (Å²) in [7, 11) is 0. The lowest BCUT2D eigenvalue weighted by molar-refractivity contribution is -0.176. The van der Waals surface area contributed by atoms with Crippen molar-refractivity contribution >= 4 is 18.2 Å². The third-order valence-corrected chi connectivity index (χ3v) is 6.44. The van der Waals surface area contributed by atoms with Crippen LogP contribution in [0.4, 0.5) is 0 Å². The summed E-state index contributed by atoms with van der Waals surface area (Å²) in [4.78, 5) is 39.3. The molecule has 194 valence electrons. The Hall–Kier alpha value is -4.37. The van der Waals surface area contributed by atoms with E-state index in [9.17, 15) is 19.5 Å². The van der Waals surface area contributed by atoms with Crippen LogP contribution in [0.2, 0.25) is 0 Å². The Bertz CT molecular complexity index is 1400. The van der Waals surface area contributed by atoms with Gasteiger partial charge in [-0.25, -0.2) is 0 Å². The van der Waals surface area contributed by atoms with Gasteiger partial charge in [0.2, 0.25) is 0 Å². The molecular formula is C32H30O6. The fraction of sp³-hybridized carbons (Fsp3) is 0.281. The van der Waals surface area contributed by atoms with Gasteiger partial charge < -0.3 is 14.6 Å². The van der Waals surface area contributed by atoms with Crippen molar-refractivity contribution in [3.63, 3.8) is 0 Å². The SMILES string of the molecule is CC(C)OC(=O)C1(C(=O)OC(C)C)Cc2c(O)c(C=O)c(-c3ccccc3)c(C#Cc3ccccc3)c2C1. The predicted molar refractivity (Wildman–Crippen MR) is 144 cm³/mol. The van der Waals surface area contributed by atoms with E-state index in [2.05, 4.69) is 11.8 Å². The summed E-state index contributed by atoms with van der Waals surface area (Å²) < 4.78 is 11.0. The maximum Gasteiger partial charge on any atom is 0.324 e. The quantitative estimate of drug-likeness (QED) is 0.211. The third kappa shape index (κ3) is 5.05. The van der Waals surface area contributed by atoms with Gasteiger partial charge in [-0.15, -0.1) is 0 Å². The number of fused-ring (bicyclic) bond motifs is 1. The summed E-state index contributed by atoms with van der Waals surface area (Å²) in [5.74, 6) is 4.61. The molecule has 3 aromatic rings. The molecule has 0 fully saturated rings. The van der Waals surface area contributed by atoms with Gasteiger partial charge in [-0.05, 0) is 51.0 Å². The van der Waals surface area contributed by atoms with E-state index in [1.807, 2.05) is 60.7 Å². The number of aromatic hydroxyl groups is 1. The van der Waals surface area contributed by atoms with Crippen LogP contribution in [0.5, 0.6) is 5.75 Å². The second kappa shape index (κ2) is 10.9. The zero-order chi connectivity index (χ0) is 27.4. The Morgan fingerprint density at radius 1 is 0.842 bits per heavy atom. The lowest BCUT2D eigenvalue weighted by Crippen LogP contribution is -2.44. The summed E-state index contributed by atoms with van der Waals surface area (Å²) in [5.41, 5.74) is 1.55. The van der Waals surface area contributed by atoms with Gasteiger partial charge in [0.05, 0.1) is 17.8 Å². The zero-order valence-corrected chi connectivity index (χ0v) is 21.9. The van der Waals surface area contributed by atoms with Crippen LogP contribution in [-0.4, -0.2) is 35.5 Å². The van der Waals surface area contributed by atoms with Gasteiger partial charge in [0, 0.05) is 35.1 Å². The zero-order valence-electron chi connectivity index (χ0n) is 21.9. The molecule has 0 amide bonds. The first-order valence-electron chi connectivity index (χ1n) is 12.6. The molecule has 0 bridgehead atoms. The lowest BCUT2D eigenvalue weighted by Gasteiger charge is -2.26. The molecule has 0 atom stereocenters. The van der Waals surface area contributed by atoms with Gasteiger partial charge >= 0.3 is 11.9 Å². The largest absolute Gasteiger partial charge is 0.507 e. The Balaban J connectivity index is 2.01. The summed E-state index contributed by atoms with van der Waals surface area (Å²) in [6.45, 7) is 6.81. The highest BCUT2D eigenvalue weighted by molar-refractivity contribution is 6.03. The number of hydrogen-bond acceptors (Lipinski definition) is 6. The predicted octanol–water partition coefficient (Wildman–Crippen LogP) is 5.26. The molecular weight excluding hydrogens is 480 g/mol. The number of rotatable bonds is 6. The summed E-state index contributed by atoms with van der Waals surface area (Å²) in [6, 6.07) is 18.5. The van der Waals surface area contributed by atoms with Crippen molar-refractivity contribution in [1.82, 2.24) is 0 Å². The van der Waals surface area contributed by atoms with E-state index in [4.69, 9.17) is 9.47 Å². The van der Waals surface area contributed by atoms with Crippen LogP contribution in [0.25, 0.3) is 11.1 Å². The van der Waals surface area contributed by atoms with Crippen LogP contribution in [0.15, 0.2) is 60.7 Å². The van der Waals surface area contributed by atoms with E-state index in [0.717, 1.165) is 5.56 Å². The van der Waals surface area contributed by atoms with Gasteiger partial charge in [0.15, 0.2) is 11.7 Å². The minimum Gasteiger partial charge on any atom is -0.507 e. The van der Waals surface area contributed by atoms with Crippen molar-refractivity contribution in [3.05, 3.63) is 88.5 Å². The number of hydrogen-bond donors (Lipinski definition) is 1. The molecule has 0 spiro atoms. The molecule has 0 heterocycles. The number of benzene rings is 3. The summed E-state index contributed by atoms with van der Waals surface area (Å²) in [6.07, 6.45) is -0.589. The van der Waals surface area contributed by atoms with Gasteiger partial charge in [-0.1, -0.05) is 60.4 Å². The first-order valence-corrected chi connectivity index (χ1v) is 12.6. The molecule has 1 aliphatic carbocycles. The monoisotopic (exact) mass is 510 g/mol. The number of phenolic OH excluding ortho intramolecular Hbond substituents is 1. The smallest absolute Gasteiger partial charge is 0.324 e. The average Bonchev–Trinajstić information content (AvgIpc) is 3.31. The first-order chi connectivity index (χ1) is 18.2. The molecule has 0 saturated heterocycles. The van der Waals surface area contributed by atoms with Crippen LogP contribution < -0.4 is 0 Å². The average molecular weight is 511 g/mol. The van der Waals surface area contributed by atoms with Crippen molar-refractivity contribution < 1.29 is 29.0 Å². The molecule has 4 rings (SSSR count). The second-order valence-corrected chi connectivity index (χ2v) is 9.91. The van der Waals surface area contributed by atoms with Crippen LogP contribution >= 0.6 is 0 Å². The Labute approximate surface area is 222 Å². The molecule has 3 aromatic carbocycles. The minimum atomic E-state index is -1.72. The Morgan fingerprint density at radius 2 is 1.37 bits per heavy atom. The van der Waals surface area contributed by atoms with Crippen LogP contribution in [0, 0.1) is 17.3 Å². The minimum absolute atomic E-state index is 0.0533. The molecule has 6 nitrogen and oxygen atoms in total. The molecule has 38 heavy (non-hydrogen) atoms. The van der Waals surface area contributed by atoms with Crippen molar-refractivity contribution in [3.8, 4) is 28.7 Å². The number of carbonyl (C=O) groups is 3. The Kier molecular flexibility index (Phi) is 7.68. The van der Waals surface area contributed by atoms with Crippen molar-refractivity contribution in [1.29, 1.82) is 0 Å².